The highest BCUT2D eigenvalue weighted by atomic mass is 19.4. The van der Waals surface area contributed by atoms with Crippen molar-refractivity contribution in [3.63, 3.8) is 0 Å². The molecule has 13 heteroatoms. The maximum Gasteiger partial charge on any atom is 0.423 e. The zero-order chi connectivity index (χ0) is 28.4. The van der Waals surface area contributed by atoms with Crippen LogP contribution in [-0.4, -0.2) is 29.6 Å². The predicted molar refractivity (Wildman–Crippen MR) is 131 cm³/mol. The van der Waals surface area contributed by atoms with Gasteiger partial charge in [-0.3, -0.25) is 14.9 Å². The van der Waals surface area contributed by atoms with E-state index in [-0.39, 0.29) is 24.4 Å². The predicted octanol–water partition coefficient (Wildman–Crippen LogP) is 7.16. The van der Waals surface area contributed by atoms with E-state index in [9.17, 15) is 41.3 Å². The first-order chi connectivity index (χ1) is 18.3. The second-order valence-corrected chi connectivity index (χ2v) is 9.24. The van der Waals surface area contributed by atoms with E-state index in [0.29, 0.717) is 42.1 Å². The standard InChI is InChI=1S/C26H23F6N3O4/c27-25(28,29)17-3-1-16-12-19(4-2-15(16)11-17)34-24(36)14-39-21-8-5-18(6-9-21)33-20-7-10-23(35(37)38)22(13-20)26(30,31)32/h1-4,7,10-13,18,21,33H,5-6,8-9,14H2,(H,34,36). The number of nitro groups is 1. The molecule has 4 rings (SSSR count). The molecule has 0 saturated heterocycles. The van der Waals surface area contributed by atoms with Crippen LogP contribution < -0.4 is 10.6 Å². The summed E-state index contributed by atoms with van der Waals surface area (Å²) in [5, 5.41) is 17.5. The fourth-order valence-corrected chi connectivity index (χ4v) is 4.51. The third kappa shape index (κ3) is 7.16. The second kappa shape index (κ2) is 11.1. The Bertz CT molecular complexity index is 1370. The van der Waals surface area contributed by atoms with Crippen molar-refractivity contribution in [1.82, 2.24) is 0 Å². The van der Waals surface area contributed by atoms with Crippen molar-refractivity contribution in [2.45, 2.75) is 50.2 Å². The van der Waals surface area contributed by atoms with Gasteiger partial charge in [-0.1, -0.05) is 12.1 Å². The molecule has 0 heterocycles. The first-order valence-corrected chi connectivity index (χ1v) is 11.9. The van der Waals surface area contributed by atoms with Crippen molar-refractivity contribution in [2.75, 3.05) is 17.2 Å². The minimum absolute atomic E-state index is 0.127. The summed E-state index contributed by atoms with van der Waals surface area (Å²) in [7, 11) is 0. The fraction of sp³-hybridized carbons (Fsp3) is 0.346. The average molecular weight is 555 g/mol. The van der Waals surface area contributed by atoms with Crippen LogP contribution in [0.5, 0.6) is 0 Å². The van der Waals surface area contributed by atoms with Gasteiger partial charge in [0.05, 0.1) is 16.6 Å². The Kier molecular flexibility index (Phi) is 8.00. The van der Waals surface area contributed by atoms with E-state index >= 15 is 0 Å². The number of nitrogens with zero attached hydrogens (tertiary/aromatic N) is 1. The number of carbonyl (C=O) groups is 1. The Morgan fingerprint density at radius 2 is 1.51 bits per heavy atom. The monoisotopic (exact) mass is 555 g/mol. The van der Waals surface area contributed by atoms with Gasteiger partial charge in [0.2, 0.25) is 5.91 Å². The smallest absolute Gasteiger partial charge is 0.382 e. The number of hydrogen-bond donors (Lipinski definition) is 2. The van der Waals surface area contributed by atoms with Crippen LogP contribution in [0.15, 0.2) is 54.6 Å². The summed E-state index contributed by atoms with van der Waals surface area (Å²) in [6.45, 7) is -0.245. The van der Waals surface area contributed by atoms with Crippen LogP contribution in [0.1, 0.15) is 36.8 Å². The SMILES string of the molecule is O=C(COC1CCC(Nc2ccc([N+](=O)[O-])c(C(F)(F)F)c2)CC1)Nc1ccc2cc(C(F)(F)F)ccc2c1. The fourth-order valence-electron chi connectivity index (χ4n) is 4.51. The lowest BCUT2D eigenvalue weighted by Crippen LogP contribution is -2.31. The highest BCUT2D eigenvalue weighted by Crippen LogP contribution is 2.38. The van der Waals surface area contributed by atoms with Crippen molar-refractivity contribution >= 4 is 33.7 Å². The number of nitrogens with one attached hydrogen (secondary N) is 2. The summed E-state index contributed by atoms with van der Waals surface area (Å²) < 4.78 is 84.0. The van der Waals surface area contributed by atoms with E-state index in [1.807, 2.05) is 0 Å². The van der Waals surface area contributed by atoms with E-state index in [1.54, 1.807) is 6.07 Å². The molecule has 1 amide bonds. The van der Waals surface area contributed by atoms with Crippen LogP contribution >= 0.6 is 0 Å². The topological polar surface area (TPSA) is 93.5 Å². The molecule has 1 saturated carbocycles. The zero-order valence-electron chi connectivity index (χ0n) is 20.2. The molecule has 2 N–H and O–H groups in total. The van der Waals surface area contributed by atoms with Gasteiger partial charge in [-0.25, -0.2) is 0 Å². The maximum absolute atomic E-state index is 13.2. The number of anilines is 2. The van der Waals surface area contributed by atoms with Crippen LogP contribution in [0, 0.1) is 10.1 Å². The number of carbonyl (C=O) groups excluding carboxylic acids is 1. The number of alkyl halides is 6. The lowest BCUT2D eigenvalue weighted by molar-refractivity contribution is -0.388. The van der Waals surface area contributed by atoms with Crippen molar-refractivity contribution in [2.24, 2.45) is 0 Å². The van der Waals surface area contributed by atoms with Gasteiger partial charge < -0.3 is 15.4 Å². The van der Waals surface area contributed by atoms with Crippen LogP contribution in [0.2, 0.25) is 0 Å². The third-order valence-corrected chi connectivity index (χ3v) is 6.45. The lowest BCUT2D eigenvalue weighted by atomic mass is 9.92. The van der Waals surface area contributed by atoms with E-state index in [0.717, 1.165) is 24.3 Å². The van der Waals surface area contributed by atoms with Gasteiger partial charge in [-0.05, 0) is 72.9 Å². The summed E-state index contributed by atoms with van der Waals surface area (Å²) in [6.07, 6.45) is -7.37. The second-order valence-electron chi connectivity index (χ2n) is 9.24. The number of rotatable bonds is 7. The van der Waals surface area contributed by atoms with Crippen LogP contribution in [-0.2, 0) is 21.9 Å². The molecule has 1 aliphatic rings. The van der Waals surface area contributed by atoms with Crippen LogP contribution in [0.25, 0.3) is 10.8 Å². The van der Waals surface area contributed by atoms with E-state index < -0.39 is 40.0 Å². The lowest BCUT2D eigenvalue weighted by Gasteiger charge is -2.29. The molecule has 0 radical (unpaired) electrons. The summed E-state index contributed by atoms with van der Waals surface area (Å²) in [5.41, 5.74) is -2.56. The zero-order valence-corrected chi connectivity index (χ0v) is 20.2. The number of halogens is 6. The average Bonchev–Trinajstić information content (AvgIpc) is 2.86. The van der Waals surface area contributed by atoms with Gasteiger partial charge >= 0.3 is 12.4 Å². The summed E-state index contributed by atoms with van der Waals surface area (Å²) in [6, 6.07) is 10.5. The van der Waals surface area contributed by atoms with Gasteiger partial charge in [-0.2, -0.15) is 26.3 Å². The number of fused-ring (bicyclic) bond motifs is 1. The minimum atomic E-state index is -4.87. The largest absolute Gasteiger partial charge is 0.423 e. The summed E-state index contributed by atoms with van der Waals surface area (Å²) >= 11 is 0. The van der Waals surface area contributed by atoms with Crippen molar-refractivity contribution in [3.05, 3.63) is 75.8 Å². The number of nitro benzene ring substituents is 1. The number of benzene rings is 3. The highest BCUT2D eigenvalue weighted by Gasteiger charge is 2.38. The van der Waals surface area contributed by atoms with Crippen LogP contribution in [0.4, 0.5) is 43.4 Å². The molecular formula is C26H23F6N3O4. The summed E-state index contributed by atoms with van der Waals surface area (Å²) in [5.74, 6) is -0.438. The Hall–Kier alpha value is -3.87. The maximum atomic E-state index is 13.2. The molecule has 0 unspecified atom stereocenters. The Morgan fingerprint density at radius 3 is 2.15 bits per heavy atom. The molecule has 1 aliphatic carbocycles. The van der Waals surface area contributed by atoms with Gasteiger partial charge in [-0.15, -0.1) is 0 Å². The molecule has 0 bridgehead atoms. The van der Waals surface area contributed by atoms with E-state index in [1.165, 1.54) is 24.3 Å². The van der Waals surface area contributed by atoms with E-state index in [4.69, 9.17) is 4.74 Å². The van der Waals surface area contributed by atoms with Crippen molar-refractivity contribution < 1.29 is 40.8 Å². The van der Waals surface area contributed by atoms with Gasteiger partial charge in [0.1, 0.15) is 12.2 Å². The molecule has 0 spiro atoms. The van der Waals surface area contributed by atoms with Crippen LogP contribution in [0.3, 0.4) is 0 Å². The van der Waals surface area contributed by atoms with Gasteiger partial charge in [0, 0.05) is 23.5 Å². The highest BCUT2D eigenvalue weighted by molar-refractivity contribution is 5.95. The molecule has 0 aromatic heterocycles. The quantitative estimate of drug-likeness (QED) is 0.183. The Morgan fingerprint density at radius 1 is 0.872 bits per heavy atom. The molecular weight excluding hydrogens is 532 g/mol. The molecule has 1 fully saturated rings. The molecule has 0 atom stereocenters. The Balaban J connectivity index is 1.26. The van der Waals surface area contributed by atoms with Gasteiger partial charge in [0.15, 0.2) is 0 Å². The number of amides is 1. The van der Waals surface area contributed by atoms with Gasteiger partial charge in [0.25, 0.3) is 5.69 Å². The third-order valence-electron chi connectivity index (χ3n) is 6.45. The number of hydrogen-bond acceptors (Lipinski definition) is 5. The molecule has 39 heavy (non-hydrogen) atoms. The first-order valence-electron chi connectivity index (χ1n) is 11.9. The molecule has 208 valence electrons. The molecule has 7 nitrogen and oxygen atoms in total. The number of ether oxygens (including phenoxy) is 1. The van der Waals surface area contributed by atoms with Crippen molar-refractivity contribution in [3.8, 4) is 0 Å². The normalized spacial score (nSPS) is 18.1. The first kappa shape index (κ1) is 28.1. The van der Waals surface area contributed by atoms with E-state index in [2.05, 4.69) is 10.6 Å². The molecule has 3 aromatic carbocycles. The van der Waals surface area contributed by atoms with Crippen molar-refractivity contribution in [1.29, 1.82) is 0 Å². The summed E-state index contributed by atoms with van der Waals surface area (Å²) in [4.78, 5) is 22.2. The molecule has 3 aromatic rings. The Labute approximate surface area is 218 Å². The minimum Gasteiger partial charge on any atom is -0.382 e. The molecule has 0 aliphatic heterocycles.